The van der Waals surface area contributed by atoms with E-state index >= 15 is 0 Å². The first-order chi connectivity index (χ1) is 11.9. The zero-order valence-electron chi connectivity index (χ0n) is 14.4. The van der Waals surface area contributed by atoms with Crippen molar-refractivity contribution < 1.29 is 13.2 Å². The molecule has 4 nitrogen and oxygen atoms in total. The predicted molar refractivity (Wildman–Crippen MR) is 89.2 cm³/mol. The van der Waals surface area contributed by atoms with E-state index in [0.29, 0.717) is 19.1 Å². The molecule has 2 aliphatic rings. The summed E-state index contributed by atoms with van der Waals surface area (Å²) in [4.78, 5) is 8.01. The Hall–Kier alpha value is -1.81. The number of piperazine rings is 1. The van der Waals surface area contributed by atoms with Gasteiger partial charge in [-0.05, 0) is 43.7 Å². The van der Waals surface area contributed by atoms with Crippen LogP contribution < -0.4 is 4.90 Å². The van der Waals surface area contributed by atoms with Crippen LogP contribution in [0.1, 0.15) is 43.9 Å². The first-order valence-electron chi connectivity index (χ1n) is 8.86. The number of pyridine rings is 1. The highest BCUT2D eigenvalue weighted by atomic mass is 19.4. The summed E-state index contributed by atoms with van der Waals surface area (Å²) in [5, 5.41) is 9.22. The second-order valence-corrected chi connectivity index (χ2v) is 7.11. The van der Waals surface area contributed by atoms with Gasteiger partial charge in [-0.15, -0.1) is 0 Å². The summed E-state index contributed by atoms with van der Waals surface area (Å²) in [6.45, 7) is 5.12. The fourth-order valence-corrected chi connectivity index (χ4v) is 3.84. The zero-order valence-corrected chi connectivity index (χ0v) is 14.4. The van der Waals surface area contributed by atoms with Gasteiger partial charge in [-0.1, -0.05) is 6.92 Å². The molecule has 0 bridgehead atoms. The standard InChI is InChI=1S/C18H23F3N4/c1-13-2-5-15(6-3-13)24-8-10-25(11-9-24)17-14(12-22)4-7-16(23-17)18(19,20)21/h4,7,13,15H,2-3,5-6,8-11H2,1H3. The lowest BCUT2D eigenvalue weighted by molar-refractivity contribution is -0.141. The van der Waals surface area contributed by atoms with E-state index in [1.807, 2.05) is 11.0 Å². The van der Waals surface area contributed by atoms with Crippen molar-refractivity contribution in [2.75, 3.05) is 31.1 Å². The molecule has 0 unspecified atom stereocenters. The van der Waals surface area contributed by atoms with Gasteiger partial charge in [0.25, 0.3) is 0 Å². The fourth-order valence-electron chi connectivity index (χ4n) is 3.84. The largest absolute Gasteiger partial charge is 0.433 e. The molecule has 1 aromatic rings. The van der Waals surface area contributed by atoms with Crippen molar-refractivity contribution in [3.8, 4) is 6.07 Å². The van der Waals surface area contributed by atoms with Crippen LogP contribution in [0.25, 0.3) is 0 Å². The smallest absolute Gasteiger partial charge is 0.353 e. The number of nitrogens with zero attached hydrogens (tertiary/aromatic N) is 4. The molecule has 0 aromatic carbocycles. The molecule has 1 saturated heterocycles. The molecule has 0 N–H and O–H groups in total. The Morgan fingerprint density at radius 3 is 2.28 bits per heavy atom. The maximum Gasteiger partial charge on any atom is 0.433 e. The Balaban J connectivity index is 1.69. The SMILES string of the molecule is CC1CCC(N2CCN(c3nc(C(F)(F)F)ccc3C#N)CC2)CC1. The van der Waals surface area contributed by atoms with Gasteiger partial charge in [-0.25, -0.2) is 4.98 Å². The lowest BCUT2D eigenvalue weighted by Crippen LogP contribution is -2.51. The molecule has 2 fully saturated rings. The van der Waals surface area contributed by atoms with Crippen LogP contribution in [0, 0.1) is 17.2 Å². The zero-order chi connectivity index (χ0) is 18.0. The van der Waals surface area contributed by atoms with E-state index in [-0.39, 0.29) is 11.4 Å². The Morgan fingerprint density at radius 2 is 1.72 bits per heavy atom. The predicted octanol–water partition coefficient (Wildman–Crippen LogP) is 3.67. The highest BCUT2D eigenvalue weighted by molar-refractivity contribution is 5.55. The van der Waals surface area contributed by atoms with Gasteiger partial charge in [0, 0.05) is 32.2 Å². The van der Waals surface area contributed by atoms with E-state index in [0.717, 1.165) is 25.1 Å². The van der Waals surface area contributed by atoms with E-state index in [2.05, 4.69) is 16.8 Å². The topological polar surface area (TPSA) is 43.2 Å². The van der Waals surface area contributed by atoms with Crippen LogP contribution in [0.2, 0.25) is 0 Å². The van der Waals surface area contributed by atoms with Crippen molar-refractivity contribution >= 4 is 5.82 Å². The van der Waals surface area contributed by atoms with Crippen LogP contribution >= 0.6 is 0 Å². The number of nitriles is 1. The number of hydrogen-bond acceptors (Lipinski definition) is 4. The average molecular weight is 352 g/mol. The minimum Gasteiger partial charge on any atom is -0.353 e. The number of anilines is 1. The van der Waals surface area contributed by atoms with Crippen LogP contribution in [0.4, 0.5) is 19.0 Å². The second kappa shape index (κ2) is 7.20. The summed E-state index contributed by atoms with van der Waals surface area (Å²) in [5.74, 6) is 0.958. The number of halogens is 3. The summed E-state index contributed by atoms with van der Waals surface area (Å²) in [7, 11) is 0. The van der Waals surface area contributed by atoms with Gasteiger partial charge in [0.1, 0.15) is 17.6 Å². The summed E-state index contributed by atoms with van der Waals surface area (Å²) in [6.07, 6.45) is 0.402. The third-order valence-corrected chi connectivity index (χ3v) is 5.40. The fraction of sp³-hybridized carbons (Fsp3) is 0.667. The van der Waals surface area contributed by atoms with Crippen LogP contribution in [0.5, 0.6) is 0 Å². The first-order valence-corrected chi connectivity index (χ1v) is 8.86. The van der Waals surface area contributed by atoms with Crippen molar-refractivity contribution in [1.29, 1.82) is 5.26 Å². The second-order valence-electron chi connectivity index (χ2n) is 7.11. The Morgan fingerprint density at radius 1 is 1.08 bits per heavy atom. The number of rotatable bonds is 2. The van der Waals surface area contributed by atoms with Crippen molar-refractivity contribution in [2.24, 2.45) is 5.92 Å². The molecular formula is C18H23F3N4. The third-order valence-electron chi connectivity index (χ3n) is 5.40. The van der Waals surface area contributed by atoms with Gasteiger partial charge in [-0.3, -0.25) is 4.90 Å². The van der Waals surface area contributed by atoms with E-state index in [1.165, 1.54) is 31.7 Å². The lowest BCUT2D eigenvalue weighted by Gasteiger charge is -2.42. The van der Waals surface area contributed by atoms with Crippen molar-refractivity contribution in [3.05, 3.63) is 23.4 Å². The van der Waals surface area contributed by atoms with Crippen LogP contribution in [0.3, 0.4) is 0 Å². The van der Waals surface area contributed by atoms with E-state index < -0.39 is 11.9 Å². The molecule has 25 heavy (non-hydrogen) atoms. The van der Waals surface area contributed by atoms with E-state index in [1.54, 1.807) is 0 Å². The van der Waals surface area contributed by atoms with Gasteiger partial charge in [0.05, 0.1) is 5.56 Å². The molecule has 0 radical (unpaired) electrons. The highest BCUT2D eigenvalue weighted by Gasteiger charge is 2.34. The highest BCUT2D eigenvalue weighted by Crippen LogP contribution is 2.32. The minimum atomic E-state index is -4.50. The molecule has 136 valence electrons. The molecule has 0 atom stereocenters. The van der Waals surface area contributed by atoms with Crippen molar-refractivity contribution in [1.82, 2.24) is 9.88 Å². The van der Waals surface area contributed by atoms with Gasteiger partial charge >= 0.3 is 6.18 Å². The summed E-state index contributed by atoms with van der Waals surface area (Å²) in [6, 6.07) is 4.65. The summed E-state index contributed by atoms with van der Waals surface area (Å²) < 4.78 is 38.8. The van der Waals surface area contributed by atoms with Crippen molar-refractivity contribution in [3.63, 3.8) is 0 Å². The minimum absolute atomic E-state index is 0.161. The Kier molecular flexibility index (Phi) is 5.19. The van der Waals surface area contributed by atoms with Crippen LogP contribution in [-0.4, -0.2) is 42.1 Å². The monoisotopic (exact) mass is 352 g/mol. The number of aromatic nitrogens is 1. The molecule has 1 aliphatic heterocycles. The Labute approximate surface area is 146 Å². The quantitative estimate of drug-likeness (QED) is 0.814. The molecule has 1 aromatic heterocycles. The lowest BCUT2D eigenvalue weighted by atomic mass is 9.86. The molecule has 3 rings (SSSR count). The van der Waals surface area contributed by atoms with E-state index in [9.17, 15) is 18.4 Å². The molecule has 2 heterocycles. The molecule has 1 saturated carbocycles. The van der Waals surface area contributed by atoms with Crippen LogP contribution in [0.15, 0.2) is 12.1 Å². The molecule has 7 heteroatoms. The van der Waals surface area contributed by atoms with Crippen molar-refractivity contribution in [2.45, 2.75) is 44.8 Å². The average Bonchev–Trinajstić information content (AvgIpc) is 2.61. The van der Waals surface area contributed by atoms with Gasteiger partial charge in [0.2, 0.25) is 0 Å². The van der Waals surface area contributed by atoms with Crippen LogP contribution in [-0.2, 0) is 6.18 Å². The van der Waals surface area contributed by atoms with E-state index in [4.69, 9.17) is 0 Å². The molecule has 0 amide bonds. The number of hydrogen-bond donors (Lipinski definition) is 0. The molecule has 0 spiro atoms. The molecular weight excluding hydrogens is 329 g/mol. The summed E-state index contributed by atoms with van der Waals surface area (Å²) >= 11 is 0. The van der Waals surface area contributed by atoms with Gasteiger partial charge in [-0.2, -0.15) is 18.4 Å². The third kappa shape index (κ3) is 4.06. The summed E-state index contributed by atoms with van der Waals surface area (Å²) in [5.41, 5.74) is -0.738. The first kappa shape index (κ1) is 18.0. The Bertz CT molecular complexity index is 637. The van der Waals surface area contributed by atoms with Gasteiger partial charge < -0.3 is 4.90 Å². The maximum atomic E-state index is 12.9. The number of alkyl halides is 3. The normalized spacial score (nSPS) is 25.6. The molecule has 1 aliphatic carbocycles. The van der Waals surface area contributed by atoms with Gasteiger partial charge in [0.15, 0.2) is 0 Å². The maximum absolute atomic E-state index is 12.9.